The monoisotopic (exact) mass is 393 g/mol. The highest BCUT2D eigenvalue weighted by atomic mass is 32.1. The maximum atomic E-state index is 12.2. The van der Waals surface area contributed by atoms with E-state index >= 15 is 0 Å². The lowest BCUT2D eigenvalue weighted by molar-refractivity contribution is 0.0607. The third-order valence-corrected chi connectivity index (χ3v) is 5.79. The first-order valence-electron chi connectivity index (χ1n) is 8.15. The van der Waals surface area contributed by atoms with Crippen LogP contribution in [0.3, 0.4) is 0 Å². The first kappa shape index (κ1) is 17.4. The zero-order valence-corrected chi connectivity index (χ0v) is 16.0. The Kier molecular flexibility index (Phi) is 4.95. The van der Waals surface area contributed by atoms with E-state index in [1.165, 1.54) is 29.8 Å². The largest absolute Gasteiger partial charge is 0.465 e. The van der Waals surface area contributed by atoms with Gasteiger partial charge in [0.15, 0.2) is 5.13 Å². The topological polar surface area (TPSA) is 64.1 Å². The lowest BCUT2D eigenvalue weighted by Crippen LogP contribution is -2.01. The molecule has 0 amide bonds. The number of carbonyl (C=O) groups is 1. The molecule has 0 saturated carbocycles. The van der Waals surface area contributed by atoms with Crippen molar-refractivity contribution in [2.45, 2.75) is 0 Å². The molecule has 4 aromatic rings. The predicted octanol–water partition coefficient (Wildman–Crippen LogP) is 5.46. The second kappa shape index (κ2) is 7.69. The summed E-state index contributed by atoms with van der Waals surface area (Å²) >= 11 is 2.87. The molecule has 7 heteroatoms. The molecule has 0 unspecified atom stereocenters. The van der Waals surface area contributed by atoms with Crippen LogP contribution in [-0.2, 0) is 4.74 Å². The lowest BCUT2D eigenvalue weighted by atomic mass is 10.2. The lowest BCUT2D eigenvalue weighted by Gasteiger charge is -2.02. The Hall–Kier alpha value is -3.03. The van der Waals surface area contributed by atoms with Crippen molar-refractivity contribution in [2.24, 2.45) is 0 Å². The molecule has 0 aliphatic rings. The number of ether oxygens (including phenoxy) is 1. The number of esters is 1. The highest BCUT2D eigenvalue weighted by Crippen LogP contribution is 2.37. The van der Waals surface area contributed by atoms with E-state index in [0.29, 0.717) is 15.7 Å². The van der Waals surface area contributed by atoms with E-state index in [4.69, 9.17) is 4.74 Å². The number of nitrogens with zero attached hydrogens (tertiary/aromatic N) is 2. The van der Waals surface area contributed by atoms with Crippen molar-refractivity contribution in [2.75, 3.05) is 12.4 Å². The fourth-order valence-electron chi connectivity index (χ4n) is 2.57. The van der Waals surface area contributed by atoms with Crippen LogP contribution in [-0.4, -0.2) is 23.0 Å². The Morgan fingerprint density at radius 1 is 1.11 bits per heavy atom. The quantitative estimate of drug-likeness (QED) is 0.456. The molecule has 0 spiro atoms. The summed E-state index contributed by atoms with van der Waals surface area (Å²) in [6.45, 7) is 0. The van der Waals surface area contributed by atoms with Crippen molar-refractivity contribution >= 4 is 39.5 Å². The molecule has 0 saturated heterocycles. The van der Waals surface area contributed by atoms with Gasteiger partial charge in [-0.1, -0.05) is 30.3 Å². The van der Waals surface area contributed by atoms with E-state index in [0.717, 1.165) is 21.7 Å². The second-order valence-electron chi connectivity index (χ2n) is 5.62. The van der Waals surface area contributed by atoms with Crippen molar-refractivity contribution in [3.63, 3.8) is 0 Å². The Bertz CT molecular complexity index is 1060. The summed E-state index contributed by atoms with van der Waals surface area (Å²) in [5, 5.41) is 5.93. The average molecular weight is 393 g/mol. The number of benzene rings is 1. The summed E-state index contributed by atoms with van der Waals surface area (Å²) in [6, 6.07) is 15.7. The zero-order chi connectivity index (χ0) is 18.6. The minimum absolute atomic E-state index is 0.367. The molecule has 0 aliphatic carbocycles. The van der Waals surface area contributed by atoms with E-state index in [2.05, 4.69) is 15.3 Å². The smallest absolute Gasteiger partial charge is 0.350 e. The number of thiazole rings is 1. The molecule has 0 bridgehead atoms. The van der Waals surface area contributed by atoms with E-state index in [9.17, 15) is 4.79 Å². The number of pyridine rings is 1. The van der Waals surface area contributed by atoms with Gasteiger partial charge in [-0.3, -0.25) is 4.98 Å². The number of carbonyl (C=O) groups excluding carboxylic acids is 1. The van der Waals surface area contributed by atoms with E-state index in [1.54, 1.807) is 12.4 Å². The normalized spacial score (nSPS) is 10.6. The number of aromatic nitrogens is 2. The third kappa shape index (κ3) is 3.74. The van der Waals surface area contributed by atoms with Gasteiger partial charge in [-0.15, -0.1) is 22.7 Å². The summed E-state index contributed by atoms with van der Waals surface area (Å²) < 4.78 is 4.94. The molecular weight excluding hydrogens is 378 g/mol. The van der Waals surface area contributed by atoms with Crippen LogP contribution >= 0.6 is 22.7 Å². The predicted molar refractivity (Wildman–Crippen MR) is 110 cm³/mol. The second-order valence-corrected chi connectivity index (χ2v) is 7.53. The maximum absolute atomic E-state index is 12.2. The number of hydrogen-bond acceptors (Lipinski definition) is 7. The summed E-state index contributed by atoms with van der Waals surface area (Å²) in [7, 11) is 1.39. The SMILES string of the molecule is COC(=O)c1sc(-c2ccccc2)cc1Nc1nc(-c2cccnc2)cs1. The van der Waals surface area contributed by atoms with Gasteiger partial charge >= 0.3 is 5.97 Å². The molecule has 0 fully saturated rings. The van der Waals surface area contributed by atoms with Gasteiger partial charge < -0.3 is 10.1 Å². The van der Waals surface area contributed by atoms with Crippen molar-refractivity contribution in [1.82, 2.24) is 9.97 Å². The Balaban J connectivity index is 1.66. The van der Waals surface area contributed by atoms with Crippen LogP contribution in [0.1, 0.15) is 9.67 Å². The van der Waals surface area contributed by atoms with E-state index in [1.807, 2.05) is 53.9 Å². The molecule has 3 heterocycles. The highest BCUT2D eigenvalue weighted by molar-refractivity contribution is 7.18. The van der Waals surface area contributed by atoms with Crippen LogP contribution in [0.15, 0.2) is 66.3 Å². The number of nitrogens with one attached hydrogen (secondary N) is 1. The fraction of sp³-hybridized carbons (Fsp3) is 0.0500. The fourth-order valence-corrected chi connectivity index (χ4v) is 4.34. The van der Waals surface area contributed by atoms with Gasteiger partial charge in [0.2, 0.25) is 0 Å². The molecule has 134 valence electrons. The minimum atomic E-state index is -0.367. The third-order valence-electron chi connectivity index (χ3n) is 3.86. The minimum Gasteiger partial charge on any atom is -0.465 e. The van der Waals surface area contributed by atoms with Crippen LogP contribution in [0.4, 0.5) is 10.8 Å². The van der Waals surface area contributed by atoms with Crippen LogP contribution in [0.5, 0.6) is 0 Å². The molecule has 0 radical (unpaired) electrons. The van der Waals surface area contributed by atoms with Crippen LogP contribution in [0.25, 0.3) is 21.7 Å². The standard InChI is InChI=1S/C20H15N3O2S2/c1-25-19(24)18-15(10-17(27-18)13-6-3-2-4-7-13)22-20-23-16(12-26-20)14-8-5-9-21-11-14/h2-12H,1H3,(H,22,23). The maximum Gasteiger partial charge on any atom is 0.350 e. The van der Waals surface area contributed by atoms with E-state index in [-0.39, 0.29) is 5.97 Å². The van der Waals surface area contributed by atoms with Crippen LogP contribution in [0.2, 0.25) is 0 Å². The van der Waals surface area contributed by atoms with Gasteiger partial charge in [0, 0.05) is 28.2 Å². The number of hydrogen-bond donors (Lipinski definition) is 1. The first-order valence-corrected chi connectivity index (χ1v) is 9.85. The van der Waals surface area contributed by atoms with Gasteiger partial charge in [0.05, 0.1) is 18.5 Å². The molecule has 0 atom stereocenters. The number of rotatable bonds is 5. The zero-order valence-electron chi connectivity index (χ0n) is 14.4. The van der Waals surface area contributed by atoms with Crippen LogP contribution < -0.4 is 5.32 Å². The van der Waals surface area contributed by atoms with Crippen molar-refractivity contribution < 1.29 is 9.53 Å². The summed E-state index contributed by atoms with van der Waals surface area (Å²) in [5.74, 6) is -0.367. The van der Waals surface area contributed by atoms with Gasteiger partial charge in [-0.25, -0.2) is 9.78 Å². The van der Waals surface area contributed by atoms with Gasteiger partial charge in [0.1, 0.15) is 4.88 Å². The molecular formula is C20H15N3O2S2. The first-order chi connectivity index (χ1) is 13.2. The Morgan fingerprint density at radius 3 is 2.67 bits per heavy atom. The highest BCUT2D eigenvalue weighted by Gasteiger charge is 2.19. The molecule has 27 heavy (non-hydrogen) atoms. The molecule has 1 aromatic carbocycles. The number of thiophene rings is 1. The average Bonchev–Trinajstić information content (AvgIpc) is 3.36. The van der Waals surface area contributed by atoms with Crippen molar-refractivity contribution in [3.8, 4) is 21.7 Å². The Morgan fingerprint density at radius 2 is 1.93 bits per heavy atom. The molecule has 5 nitrogen and oxygen atoms in total. The molecule has 0 aliphatic heterocycles. The molecule has 1 N–H and O–H groups in total. The van der Waals surface area contributed by atoms with Gasteiger partial charge in [-0.2, -0.15) is 0 Å². The van der Waals surface area contributed by atoms with Crippen LogP contribution in [0, 0.1) is 0 Å². The molecule has 4 rings (SSSR count). The number of anilines is 2. The Labute approximate surface area is 164 Å². The van der Waals surface area contributed by atoms with Crippen molar-refractivity contribution in [3.05, 3.63) is 71.2 Å². The summed E-state index contributed by atoms with van der Waals surface area (Å²) in [4.78, 5) is 22.5. The summed E-state index contributed by atoms with van der Waals surface area (Å²) in [5.41, 5.74) is 3.53. The number of methoxy groups -OCH3 is 1. The summed E-state index contributed by atoms with van der Waals surface area (Å²) in [6.07, 6.45) is 3.50. The van der Waals surface area contributed by atoms with E-state index < -0.39 is 0 Å². The van der Waals surface area contributed by atoms with Gasteiger partial charge in [0.25, 0.3) is 0 Å². The van der Waals surface area contributed by atoms with Crippen molar-refractivity contribution in [1.29, 1.82) is 0 Å². The van der Waals surface area contributed by atoms with Gasteiger partial charge in [-0.05, 0) is 23.8 Å². The molecule has 3 aromatic heterocycles.